The Morgan fingerprint density at radius 3 is 2.85 bits per heavy atom. The molecule has 0 aliphatic carbocycles. The molecule has 0 fully saturated rings. The number of aliphatic imine (C=N–C) groups is 1. The lowest BCUT2D eigenvalue weighted by atomic mass is 9.92. The number of ether oxygens (including phenoxy) is 1. The molecule has 4 aromatic rings. The Morgan fingerprint density at radius 1 is 1.15 bits per heavy atom. The fourth-order valence-corrected chi connectivity index (χ4v) is 4.71. The molecule has 1 atom stereocenters. The number of hydrogen-bond donors (Lipinski definition) is 0. The van der Waals surface area contributed by atoms with E-state index >= 15 is 0 Å². The molecule has 2 aromatic heterocycles. The second-order valence-electron chi connectivity index (χ2n) is 6.49. The molecule has 1 aliphatic heterocycles. The van der Waals surface area contributed by atoms with Crippen LogP contribution < -0.4 is 0 Å². The first-order valence-corrected chi connectivity index (χ1v) is 10.1. The molecule has 1 aliphatic rings. The van der Waals surface area contributed by atoms with E-state index in [2.05, 4.69) is 62.4 Å². The van der Waals surface area contributed by atoms with Crippen molar-refractivity contribution in [2.75, 3.05) is 6.61 Å². The highest BCUT2D eigenvalue weighted by Crippen LogP contribution is 2.36. The number of benzene rings is 2. The van der Waals surface area contributed by atoms with E-state index in [9.17, 15) is 0 Å². The molecular formula is C20H15BrN4OS. The highest BCUT2D eigenvalue weighted by atomic mass is 79.9. The molecule has 0 spiro atoms. The van der Waals surface area contributed by atoms with Gasteiger partial charge >= 0.3 is 0 Å². The van der Waals surface area contributed by atoms with Crippen LogP contribution in [0, 0.1) is 0 Å². The van der Waals surface area contributed by atoms with Gasteiger partial charge in [0.25, 0.3) is 0 Å². The summed E-state index contributed by atoms with van der Waals surface area (Å²) in [5, 5.41) is 5.46. The zero-order valence-electron chi connectivity index (χ0n) is 14.2. The van der Waals surface area contributed by atoms with E-state index in [0.717, 1.165) is 14.9 Å². The maximum absolute atomic E-state index is 6.11. The minimum absolute atomic E-state index is 0.476. The number of halogens is 1. The van der Waals surface area contributed by atoms with E-state index < -0.39 is 5.54 Å². The van der Waals surface area contributed by atoms with Gasteiger partial charge in [0.1, 0.15) is 24.8 Å². The van der Waals surface area contributed by atoms with Crippen LogP contribution >= 0.6 is 27.3 Å². The SMILES string of the molecule is Brc1ccc2sc(C3=NC(Cn4cncn4)(c4ccccc4)CO3)cc2c1. The summed E-state index contributed by atoms with van der Waals surface area (Å²) in [5.41, 5.74) is 0.598. The summed E-state index contributed by atoms with van der Waals surface area (Å²) >= 11 is 5.23. The van der Waals surface area contributed by atoms with Crippen molar-refractivity contribution in [3.8, 4) is 0 Å². The van der Waals surface area contributed by atoms with Crippen molar-refractivity contribution in [1.29, 1.82) is 0 Å². The third kappa shape index (κ3) is 3.07. The van der Waals surface area contributed by atoms with Crippen molar-refractivity contribution in [3.05, 3.63) is 82.2 Å². The van der Waals surface area contributed by atoms with Gasteiger partial charge in [0.05, 0.1) is 11.4 Å². The molecule has 5 nitrogen and oxygen atoms in total. The normalized spacial score (nSPS) is 19.2. The largest absolute Gasteiger partial charge is 0.474 e. The van der Waals surface area contributed by atoms with Gasteiger partial charge in [-0.2, -0.15) is 5.10 Å². The average molecular weight is 439 g/mol. The minimum Gasteiger partial charge on any atom is -0.474 e. The summed E-state index contributed by atoms with van der Waals surface area (Å²) in [5.74, 6) is 0.691. The van der Waals surface area contributed by atoms with Crippen molar-refractivity contribution in [1.82, 2.24) is 14.8 Å². The third-order valence-electron chi connectivity index (χ3n) is 4.65. The van der Waals surface area contributed by atoms with Gasteiger partial charge in [-0.3, -0.25) is 4.68 Å². The minimum atomic E-state index is -0.513. The van der Waals surface area contributed by atoms with Crippen LogP contribution in [0.3, 0.4) is 0 Å². The monoisotopic (exact) mass is 438 g/mol. The van der Waals surface area contributed by atoms with Crippen molar-refractivity contribution in [2.45, 2.75) is 12.1 Å². The Labute approximate surface area is 168 Å². The second-order valence-corrected chi connectivity index (χ2v) is 8.49. The average Bonchev–Trinajstić information content (AvgIpc) is 3.42. The molecule has 134 valence electrons. The van der Waals surface area contributed by atoms with Gasteiger partial charge in [-0.15, -0.1) is 11.3 Å². The van der Waals surface area contributed by atoms with Gasteiger partial charge in [-0.25, -0.2) is 9.98 Å². The summed E-state index contributed by atoms with van der Waals surface area (Å²) < 4.78 is 10.2. The van der Waals surface area contributed by atoms with Gasteiger partial charge in [0.2, 0.25) is 5.90 Å². The molecule has 0 bridgehead atoms. The molecule has 7 heteroatoms. The first-order chi connectivity index (χ1) is 13.2. The topological polar surface area (TPSA) is 52.3 Å². The van der Waals surface area contributed by atoms with Crippen LogP contribution in [0.5, 0.6) is 0 Å². The van der Waals surface area contributed by atoms with E-state index in [1.807, 2.05) is 22.9 Å². The molecule has 0 saturated carbocycles. The number of hydrogen-bond acceptors (Lipinski definition) is 5. The molecule has 0 saturated heterocycles. The van der Waals surface area contributed by atoms with Crippen LogP contribution in [0.1, 0.15) is 10.4 Å². The van der Waals surface area contributed by atoms with Crippen LogP contribution in [0.4, 0.5) is 0 Å². The van der Waals surface area contributed by atoms with Gasteiger partial charge in [0.15, 0.2) is 0 Å². The number of rotatable bonds is 4. The molecule has 5 rings (SSSR count). The lowest BCUT2D eigenvalue weighted by Crippen LogP contribution is -2.31. The van der Waals surface area contributed by atoms with Crippen LogP contribution in [0.2, 0.25) is 0 Å². The third-order valence-corrected chi connectivity index (χ3v) is 6.25. The smallest absolute Gasteiger partial charge is 0.227 e. The molecule has 3 heterocycles. The fourth-order valence-electron chi connectivity index (χ4n) is 3.34. The molecular weight excluding hydrogens is 424 g/mol. The first-order valence-electron chi connectivity index (χ1n) is 8.52. The molecule has 0 N–H and O–H groups in total. The van der Waals surface area contributed by atoms with Crippen molar-refractivity contribution < 1.29 is 4.74 Å². The zero-order valence-corrected chi connectivity index (χ0v) is 16.7. The quantitative estimate of drug-likeness (QED) is 0.466. The molecule has 1 unspecified atom stereocenters. The second kappa shape index (κ2) is 6.58. The summed E-state index contributed by atoms with van der Waals surface area (Å²) in [6.07, 6.45) is 3.26. The molecule has 0 amide bonds. The summed E-state index contributed by atoms with van der Waals surface area (Å²) in [6.45, 7) is 1.06. The maximum atomic E-state index is 6.11. The Hall–Kier alpha value is -2.51. The van der Waals surface area contributed by atoms with Crippen LogP contribution in [-0.2, 0) is 16.8 Å². The van der Waals surface area contributed by atoms with Crippen molar-refractivity contribution >= 4 is 43.3 Å². The Kier molecular flexibility index (Phi) is 4.06. The summed E-state index contributed by atoms with van der Waals surface area (Å²) in [6, 6.07) is 18.7. The highest BCUT2D eigenvalue weighted by Gasteiger charge is 2.40. The first kappa shape index (κ1) is 16.6. The number of nitrogens with zero attached hydrogens (tertiary/aromatic N) is 4. The number of aromatic nitrogens is 3. The molecule has 27 heavy (non-hydrogen) atoms. The van der Waals surface area contributed by atoms with Crippen LogP contribution in [-0.4, -0.2) is 27.3 Å². The van der Waals surface area contributed by atoms with Crippen LogP contribution in [0.15, 0.2) is 76.7 Å². The van der Waals surface area contributed by atoms with Crippen molar-refractivity contribution in [2.24, 2.45) is 4.99 Å². The van der Waals surface area contributed by atoms with Crippen molar-refractivity contribution in [3.63, 3.8) is 0 Å². The zero-order chi connectivity index (χ0) is 18.3. The van der Waals surface area contributed by atoms with E-state index in [-0.39, 0.29) is 0 Å². The highest BCUT2D eigenvalue weighted by molar-refractivity contribution is 9.10. The van der Waals surface area contributed by atoms with Gasteiger partial charge in [-0.1, -0.05) is 46.3 Å². The lowest BCUT2D eigenvalue weighted by Gasteiger charge is -2.24. The summed E-state index contributed by atoms with van der Waals surface area (Å²) in [4.78, 5) is 10.2. The Bertz CT molecular complexity index is 1120. The number of fused-ring (bicyclic) bond motifs is 1. The van der Waals surface area contributed by atoms with Crippen LogP contribution in [0.25, 0.3) is 10.1 Å². The fraction of sp³-hybridized carbons (Fsp3) is 0.150. The van der Waals surface area contributed by atoms with Gasteiger partial charge in [0, 0.05) is 9.17 Å². The molecule has 2 aromatic carbocycles. The maximum Gasteiger partial charge on any atom is 0.227 e. The van der Waals surface area contributed by atoms with E-state index in [1.54, 1.807) is 24.0 Å². The van der Waals surface area contributed by atoms with Gasteiger partial charge < -0.3 is 4.74 Å². The van der Waals surface area contributed by atoms with E-state index in [1.165, 1.54) is 10.1 Å². The predicted octanol–water partition coefficient (Wildman–Crippen LogP) is 4.63. The Balaban J connectivity index is 1.59. The standard InChI is InChI=1S/C20H15BrN4OS/c21-16-6-7-17-14(8-16)9-18(27-17)19-24-20(11-26-19,10-25-13-22-12-23-25)15-4-2-1-3-5-15/h1-9,12-13H,10-11H2. The van der Waals surface area contributed by atoms with Gasteiger partial charge in [-0.05, 0) is 35.2 Å². The Morgan fingerprint density at radius 2 is 2.04 bits per heavy atom. The van der Waals surface area contributed by atoms with E-state index in [4.69, 9.17) is 9.73 Å². The van der Waals surface area contributed by atoms with E-state index in [0.29, 0.717) is 19.0 Å². The molecule has 0 radical (unpaired) electrons. The lowest BCUT2D eigenvalue weighted by molar-refractivity contribution is 0.230. The predicted molar refractivity (Wildman–Crippen MR) is 110 cm³/mol. The summed E-state index contributed by atoms with van der Waals surface area (Å²) in [7, 11) is 0. The number of thiophene rings is 1.